The second kappa shape index (κ2) is 7.97. The van der Waals surface area contributed by atoms with Gasteiger partial charge in [0.25, 0.3) is 0 Å². The third-order valence-corrected chi connectivity index (χ3v) is 4.02. The Morgan fingerprint density at radius 1 is 1.04 bits per heavy atom. The largest absolute Gasteiger partial charge is 0.469 e. The van der Waals surface area contributed by atoms with Gasteiger partial charge in [-0.3, -0.25) is 4.79 Å². The molecule has 0 unspecified atom stereocenters. The van der Waals surface area contributed by atoms with Crippen molar-refractivity contribution in [3.8, 4) is 22.8 Å². The summed E-state index contributed by atoms with van der Waals surface area (Å²) in [6.07, 6.45) is 0.00715. The molecule has 3 aromatic rings. The van der Waals surface area contributed by atoms with E-state index in [0.717, 1.165) is 11.1 Å². The molecule has 5 nitrogen and oxygen atoms in total. The van der Waals surface area contributed by atoms with Crippen LogP contribution in [0.2, 0.25) is 5.28 Å². The van der Waals surface area contributed by atoms with Gasteiger partial charge in [0.15, 0.2) is 0 Å². The Bertz CT molecular complexity index is 930. The van der Waals surface area contributed by atoms with Gasteiger partial charge in [-0.05, 0) is 41.8 Å². The SMILES string of the molecule is COC(=O)Cc1c(C)nc(Cl)nc1Oc1cccc(-c2ccccc2)c1. The zero-order valence-corrected chi connectivity index (χ0v) is 15.2. The second-order valence-electron chi connectivity index (χ2n) is 5.61. The molecular weight excluding hydrogens is 352 g/mol. The number of methoxy groups -OCH3 is 1. The van der Waals surface area contributed by atoms with Gasteiger partial charge in [0, 0.05) is 11.3 Å². The van der Waals surface area contributed by atoms with Gasteiger partial charge in [0.2, 0.25) is 11.2 Å². The van der Waals surface area contributed by atoms with E-state index in [2.05, 4.69) is 9.97 Å². The number of nitrogens with zero attached hydrogens (tertiary/aromatic N) is 2. The van der Waals surface area contributed by atoms with Gasteiger partial charge in [-0.25, -0.2) is 4.98 Å². The predicted octanol–water partition coefficient (Wildman–Crippen LogP) is 4.61. The standard InChI is InChI=1S/C20H17ClN2O3/c1-13-17(12-18(24)25-2)19(23-20(21)22-13)26-16-10-6-9-15(11-16)14-7-4-3-5-8-14/h3-11H,12H2,1-2H3. The van der Waals surface area contributed by atoms with Crippen molar-refractivity contribution in [2.75, 3.05) is 7.11 Å². The molecule has 0 bridgehead atoms. The van der Waals surface area contributed by atoms with Crippen molar-refractivity contribution in [2.24, 2.45) is 0 Å². The summed E-state index contributed by atoms with van der Waals surface area (Å²) >= 11 is 5.97. The highest BCUT2D eigenvalue weighted by molar-refractivity contribution is 6.28. The lowest BCUT2D eigenvalue weighted by atomic mass is 10.1. The van der Waals surface area contributed by atoms with Crippen molar-refractivity contribution in [3.05, 3.63) is 71.1 Å². The van der Waals surface area contributed by atoms with Crippen molar-refractivity contribution in [2.45, 2.75) is 13.3 Å². The van der Waals surface area contributed by atoms with Crippen LogP contribution in [0.5, 0.6) is 11.6 Å². The Labute approximate surface area is 156 Å². The van der Waals surface area contributed by atoms with Crippen LogP contribution in [-0.2, 0) is 16.0 Å². The monoisotopic (exact) mass is 368 g/mol. The first kappa shape index (κ1) is 17.9. The van der Waals surface area contributed by atoms with Crippen LogP contribution in [0.1, 0.15) is 11.3 Å². The number of rotatable bonds is 5. The third-order valence-electron chi connectivity index (χ3n) is 3.85. The minimum Gasteiger partial charge on any atom is -0.469 e. The van der Waals surface area contributed by atoms with E-state index >= 15 is 0 Å². The summed E-state index contributed by atoms with van der Waals surface area (Å²) in [7, 11) is 1.33. The third kappa shape index (κ3) is 4.18. The molecule has 0 N–H and O–H groups in total. The topological polar surface area (TPSA) is 61.3 Å². The first-order valence-corrected chi connectivity index (χ1v) is 8.38. The van der Waals surface area contributed by atoms with E-state index in [4.69, 9.17) is 21.1 Å². The Kier molecular flexibility index (Phi) is 5.49. The normalized spacial score (nSPS) is 10.4. The highest BCUT2D eigenvalue weighted by Crippen LogP contribution is 2.30. The summed E-state index contributed by atoms with van der Waals surface area (Å²) in [5, 5.41) is 0.0605. The van der Waals surface area contributed by atoms with Gasteiger partial charge in [-0.2, -0.15) is 4.98 Å². The van der Waals surface area contributed by atoms with Crippen molar-refractivity contribution < 1.29 is 14.3 Å². The quantitative estimate of drug-likeness (QED) is 0.486. The summed E-state index contributed by atoms with van der Waals surface area (Å²) in [5.74, 6) is 0.437. The van der Waals surface area contributed by atoms with E-state index < -0.39 is 5.97 Å². The molecule has 0 atom stereocenters. The number of ether oxygens (including phenoxy) is 2. The lowest BCUT2D eigenvalue weighted by Crippen LogP contribution is -2.09. The molecule has 0 aliphatic rings. The molecule has 0 spiro atoms. The van der Waals surface area contributed by atoms with Crippen molar-refractivity contribution in [1.29, 1.82) is 0 Å². The number of aryl methyl sites for hydroxylation is 1. The minimum absolute atomic E-state index is 0.00715. The van der Waals surface area contributed by atoms with E-state index in [-0.39, 0.29) is 17.6 Å². The van der Waals surface area contributed by atoms with Crippen LogP contribution in [0, 0.1) is 6.92 Å². The molecule has 3 rings (SSSR count). The minimum atomic E-state index is -0.401. The number of aromatic nitrogens is 2. The van der Waals surface area contributed by atoms with Crippen LogP contribution < -0.4 is 4.74 Å². The lowest BCUT2D eigenvalue weighted by molar-refractivity contribution is -0.139. The molecule has 0 aliphatic heterocycles. The summed E-state index contributed by atoms with van der Waals surface area (Å²) in [4.78, 5) is 19.9. The van der Waals surface area contributed by atoms with Gasteiger partial charge in [0.1, 0.15) is 5.75 Å². The first-order chi connectivity index (χ1) is 12.6. The molecule has 0 fully saturated rings. The highest BCUT2D eigenvalue weighted by atomic mass is 35.5. The molecule has 0 saturated carbocycles. The Balaban J connectivity index is 1.95. The van der Waals surface area contributed by atoms with Crippen LogP contribution in [-0.4, -0.2) is 23.0 Å². The maximum absolute atomic E-state index is 11.7. The number of hydrogen-bond donors (Lipinski definition) is 0. The number of carbonyl (C=O) groups is 1. The van der Waals surface area contributed by atoms with Crippen LogP contribution in [0.4, 0.5) is 0 Å². The van der Waals surface area contributed by atoms with E-state index in [1.807, 2.05) is 54.6 Å². The average molecular weight is 369 g/mol. The number of halogens is 1. The molecule has 6 heteroatoms. The Hall–Kier alpha value is -2.92. The second-order valence-corrected chi connectivity index (χ2v) is 5.95. The summed E-state index contributed by atoms with van der Waals surface area (Å²) < 4.78 is 10.7. The number of hydrogen-bond acceptors (Lipinski definition) is 5. The van der Waals surface area contributed by atoms with Crippen molar-refractivity contribution >= 4 is 17.6 Å². The summed E-state index contributed by atoms with van der Waals surface area (Å²) in [5.41, 5.74) is 3.20. The molecule has 0 amide bonds. The average Bonchev–Trinajstić information content (AvgIpc) is 2.65. The van der Waals surface area contributed by atoms with E-state index in [1.54, 1.807) is 6.92 Å². The van der Waals surface area contributed by atoms with E-state index in [9.17, 15) is 4.79 Å². The zero-order chi connectivity index (χ0) is 18.5. The van der Waals surface area contributed by atoms with Gasteiger partial charge >= 0.3 is 5.97 Å². The maximum atomic E-state index is 11.7. The lowest BCUT2D eigenvalue weighted by Gasteiger charge is -2.12. The number of esters is 1. The Morgan fingerprint density at radius 3 is 2.50 bits per heavy atom. The van der Waals surface area contributed by atoms with Crippen LogP contribution >= 0.6 is 11.6 Å². The fourth-order valence-corrected chi connectivity index (χ4v) is 2.73. The molecule has 0 radical (unpaired) electrons. The molecule has 132 valence electrons. The molecule has 0 aliphatic carbocycles. The van der Waals surface area contributed by atoms with Crippen LogP contribution in [0.25, 0.3) is 11.1 Å². The predicted molar refractivity (Wildman–Crippen MR) is 99.5 cm³/mol. The van der Waals surface area contributed by atoms with Crippen molar-refractivity contribution in [1.82, 2.24) is 9.97 Å². The van der Waals surface area contributed by atoms with E-state index in [1.165, 1.54) is 7.11 Å². The van der Waals surface area contributed by atoms with Crippen molar-refractivity contribution in [3.63, 3.8) is 0 Å². The smallest absolute Gasteiger partial charge is 0.310 e. The van der Waals surface area contributed by atoms with Crippen LogP contribution in [0.15, 0.2) is 54.6 Å². The summed E-state index contributed by atoms with van der Waals surface area (Å²) in [6.45, 7) is 1.75. The zero-order valence-electron chi connectivity index (χ0n) is 14.4. The van der Waals surface area contributed by atoms with Gasteiger partial charge < -0.3 is 9.47 Å². The van der Waals surface area contributed by atoms with E-state index in [0.29, 0.717) is 17.0 Å². The van der Waals surface area contributed by atoms with Gasteiger partial charge in [-0.1, -0.05) is 42.5 Å². The molecule has 26 heavy (non-hydrogen) atoms. The fraction of sp³-hybridized carbons (Fsp3) is 0.150. The number of benzene rings is 2. The van der Waals surface area contributed by atoms with Gasteiger partial charge in [-0.15, -0.1) is 0 Å². The summed E-state index contributed by atoms with van der Waals surface area (Å²) in [6, 6.07) is 17.6. The molecule has 2 aromatic carbocycles. The molecule has 1 heterocycles. The Morgan fingerprint density at radius 2 is 1.77 bits per heavy atom. The molecular formula is C20H17ClN2O3. The fourth-order valence-electron chi connectivity index (χ4n) is 2.52. The van der Waals surface area contributed by atoms with Gasteiger partial charge in [0.05, 0.1) is 13.5 Å². The number of carbonyl (C=O) groups excluding carboxylic acids is 1. The highest BCUT2D eigenvalue weighted by Gasteiger charge is 2.17. The van der Waals surface area contributed by atoms with Crippen LogP contribution in [0.3, 0.4) is 0 Å². The molecule has 0 saturated heterocycles. The first-order valence-electron chi connectivity index (χ1n) is 8.00. The molecule has 1 aromatic heterocycles. The maximum Gasteiger partial charge on any atom is 0.310 e.